The number of nitrogens with zero attached hydrogens (tertiary/aromatic N) is 4. The fourth-order valence-electron chi connectivity index (χ4n) is 4.37. The minimum absolute atomic E-state index is 0.355. The Morgan fingerprint density at radius 2 is 2.12 bits per heavy atom. The van der Waals surface area contributed by atoms with Gasteiger partial charge in [-0.05, 0) is 30.7 Å². The number of nitrogens with one attached hydrogen (secondary N) is 1. The van der Waals surface area contributed by atoms with E-state index in [0.29, 0.717) is 31.0 Å². The number of aromatic amines is 1. The summed E-state index contributed by atoms with van der Waals surface area (Å²) in [5.41, 5.74) is 0.838. The topological polar surface area (TPSA) is 106 Å². The van der Waals surface area contributed by atoms with E-state index in [4.69, 9.17) is 5.11 Å². The molecule has 1 saturated heterocycles. The van der Waals surface area contributed by atoms with Crippen LogP contribution in [0.5, 0.6) is 0 Å². The van der Waals surface area contributed by atoms with E-state index in [1.54, 1.807) is 11.2 Å². The summed E-state index contributed by atoms with van der Waals surface area (Å²) in [6.07, 6.45) is 4.15. The number of carbonyl (C=O) groups excluding carboxylic acids is 1. The maximum absolute atomic E-state index is 12.0. The highest BCUT2D eigenvalue weighted by Gasteiger charge is 2.44. The SMILES string of the molecule is CN(c1ncnc2[nH]ccc12)C1CC2CN(C(=O)[C@H](O)CO)CC2C1. The van der Waals surface area contributed by atoms with Gasteiger partial charge in [-0.15, -0.1) is 0 Å². The van der Waals surface area contributed by atoms with Crippen LogP contribution in [0.2, 0.25) is 0 Å². The number of H-pyrrole nitrogens is 1. The lowest BCUT2D eigenvalue weighted by Gasteiger charge is -2.28. The third-order valence-electron chi connectivity index (χ3n) is 5.71. The van der Waals surface area contributed by atoms with Crippen molar-refractivity contribution in [1.29, 1.82) is 0 Å². The van der Waals surface area contributed by atoms with Crippen molar-refractivity contribution >= 4 is 22.8 Å². The molecular weight excluding hydrogens is 322 g/mol. The summed E-state index contributed by atoms with van der Waals surface area (Å²) in [6, 6.07) is 2.37. The summed E-state index contributed by atoms with van der Waals surface area (Å²) in [4.78, 5) is 27.8. The highest BCUT2D eigenvalue weighted by atomic mass is 16.3. The first-order chi connectivity index (χ1) is 12.1. The van der Waals surface area contributed by atoms with Crippen molar-refractivity contribution in [3.05, 3.63) is 18.6 Å². The number of likely N-dealkylation sites (tertiary alicyclic amines) is 1. The van der Waals surface area contributed by atoms with Crippen LogP contribution < -0.4 is 4.90 Å². The molecule has 0 spiro atoms. The van der Waals surface area contributed by atoms with Gasteiger partial charge in [0.2, 0.25) is 0 Å². The number of fused-ring (bicyclic) bond motifs is 2. The Balaban J connectivity index is 1.45. The number of hydrogen-bond donors (Lipinski definition) is 3. The van der Waals surface area contributed by atoms with Crippen molar-refractivity contribution in [2.75, 3.05) is 31.6 Å². The van der Waals surface area contributed by atoms with E-state index in [9.17, 15) is 9.90 Å². The molecule has 1 saturated carbocycles. The highest BCUT2D eigenvalue weighted by molar-refractivity contribution is 5.87. The fraction of sp³-hybridized carbons (Fsp3) is 0.588. The van der Waals surface area contributed by atoms with Gasteiger partial charge in [0, 0.05) is 32.4 Å². The van der Waals surface area contributed by atoms with E-state index in [1.807, 2.05) is 12.3 Å². The average molecular weight is 345 g/mol. The van der Waals surface area contributed by atoms with E-state index >= 15 is 0 Å². The first-order valence-corrected chi connectivity index (χ1v) is 8.67. The highest BCUT2D eigenvalue weighted by Crippen LogP contribution is 2.41. The van der Waals surface area contributed by atoms with Crippen LogP contribution in [0.3, 0.4) is 0 Å². The van der Waals surface area contributed by atoms with Gasteiger partial charge < -0.3 is 25.0 Å². The summed E-state index contributed by atoms with van der Waals surface area (Å²) in [7, 11) is 2.07. The van der Waals surface area contributed by atoms with Crippen LogP contribution in [0.4, 0.5) is 5.82 Å². The molecule has 2 aromatic rings. The number of anilines is 1. The number of hydrogen-bond acceptors (Lipinski definition) is 6. The molecule has 0 bridgehead atoms. The Hall–Kier alpha value is -2.19. The molecule has 25 heavy (non-hydrogen) atoms. The Morgan fingerprint density at radius 1 is 1.40 bits per heavy atom. The molecule has 8 heteroatoms. The zero-order valence-corrected chi connectivity index (χ0v) is 14.2. The van der Waals surface area contributed by atoms with Crippen molar-refractivity contribution < 1.29 is 15.0 Å². The monoisotopic (exact) mass is 345 g/mol. The van der Waals surface area contributed by atoms with E-state index in [2.05, 4.69) is 26.9 Å². The van der Waals surface area contributed by atoms with E-state index in [1.165, 1.54) is 0 Å². The molecule has 3 heterocycles. The summed E-state index contributed by atoms with van der Waals surface area (Å²) in [5.74, 6) is 1.45. The molecular formula is C17H23N5O3. The van der Waals surface area contributed by atoms with Gasteiger partial charge in [-0.25, -0.2) is 9.97 Å². The van der Waals surface area contributed by atoms with E-state index < -0.39 is 12.7 Å². The number of aliphatic hydroxyl groups is 2. The predicted molar refractivity (Wildman–Crippen MR) is 92.0 cm³/mol. The van der Waals surface area contributed by atoms with Gasteiger partial charge in [0.05, 0.1) is 12.0 Å². The summed E-state index contributed by atoms with van der Waals surface area (Å²) >= 11 is 0. The van der Waals surface area contributed by atoms with Crippen LogP contribution >= 0.6 is 0 Å². The van der Waals surface area contributed by atoms with Crippen molar-refractivity contribution in [3.8, 4) is 0 Å². The minimum atomic E-state index is -1.29. The molecule has 3 N–H and O–H groups in total. The Bertz CT molecular complexity index is 764. The zero-order valence-electron chi connectivity index (χ0n) is 14.2. The summed E-state index contributed by atoms with van der Waals surface area (Å²) < 4.78 is 0. The minimum Gasteiger partial charge on any atom is -0.393 e. The van der Waals surface area contributed by atoms with Crippen LogP contribution in [-0.2, 0) is 4.79 Å². The van der Waals surface area contributed by atoms with Crippen molar-refractivity contribution in [2.45, 2.75) is 25.0 Å². The molecule has 1 amide bonds. The predicted octanol–water partition coefficient (Wildman–Crippen LogP) is -0.0157. The fourth-order valence-corrected chi connectivity index (χ4v) is 4.37. The largest absolute Gasteiger partial charge is 0.393 e. The number of aliphatic hydroxyl groups excluding tert-OH is 2. The van der Waals surface area contributed by atoms with Gasteiger partial charge in [-0.2, -0.15) is 0 Å². The molecule has 1 aliphatic heterocycles. The summed E-state index contributed by atoms with van der Waals surface area (Å²) in [5, 5.41) is 19.5. The molecule has 2 fully saturated rings. The average Bonchev–Trinajstić information content (AvgIpc) is 3.32. The molecule has 2 aromatic heterocycles. The van der Waals surface area contributed by atoms with Gasteiger partial charge >= 0.3 is 0 Å². The molecule has 2 unspecified atom stereocenters. The smallest absolute Gasteiger partial charge is 0.253 e. The molecule has 8 nitrogen and oxygen atoms in total. The van der Waals surface area contributed by atoms with Crippen LogP contribution in [0.15, 0.2) is 18.6 Å². The molecule has 134 valence electrons. The van der Waals surface area contributed by atoms with Gasteiger partial charge in [0.25, 0.3) is 5.91 Å². The van der Waals surface area contributed by atoms with E-state index in [0.717, 1.165) is 29.7 Å². The van der Waals surface area contributed by atoms with Crippen LogP contribution in [0, 0.1) is 11.8 Å². The Kier molecular flexibility index (Phi) is 4.09. The number of carbonyl (C=O) groups is 1. The third kappa shape index (κ3) is 2.75. The molecule has 0 aromatic carbocycles. The first kappa shape index (κ1) is 16.3. The normalized spacial score (nSPS) is 26.8. The lowest BCUT2D eigenvalue weighted by atomic mass is 10.0. The maximum Gasteiger partial charge on any atom is 0.253 e. The van der Waals surface area contributed by atoms with Crippen molar-refractivity contribution in [1.82, 2.24) is 19.9 Å². The molecule has 3 atom stereocenters. The number of amides is 1. The molecule has 0 radical (unpaired) electrons. The van der Waals surface area contributed by atoms with Gasteiger partial charge in [0.15, 0.2) is 6.10 Å². The zero-order chi connectivity index (χ0) is 17.6. The van der Waals surface area contributed by atoms with Crippen molar-refractivity contribution in [2.24, 2.45) is 11.8 Å². The second kappa shape index (κ2) is 6.27. The summed E-state index contributed by atoms with van der Waals surface area (Å²) in [6.45, 7) is 0.804. The second-order valence-corrected chi connectivity index (χ2v) is 7.14. The standard InChI is InChI=1S/C17H23N5O3/c1-21(16-13-2-3-18-15(13)19-9-20-16)12-4-10-6-22(7-11(10)5-12)17(25)14(24)8-23/h2-3,9-12,14,23-24H,4-8H2,1H3,(H,18,19,20)/t10?,11?,12?,14-/m1/s1. The first-order valence-electron chi connectivity index (χ1n) is 8.67. The Labute approximate surface area is 145 Å². The van der Waals surface area contributed by atoms with E-state index in [-0.39, 0.29) is 5.91 Å². The quantitative estimate of drug-likeness (QED) is 0.719. The second-order valence-electron chi connectivity index (χ2n) is 7.14. The molecule has 1 aliphatic carbocycles. The Morgan fingerprint density at radius 3 is 2.80 bits per heavy atom. The maximum atomic E-state index is 12.0. The van der Waals surface area contributed by atoms with Crippen LogP contribution in [0.1, 0.15) is 12.8 Å². The lowest BCUT2D eigenvalue weighted by Crippen LogP contribution is -2.41. The third-order valence-corrected chi connectivity index (χ3v) is 5.71. The number of rotatable bonds is 4. The number of aromatic nitrogens is 3. The van der Waals surface area contributed by atoms with Crippen LogP contribution in [0.25, 0.3) is 11.0 Å². The molecule has 2 aliphatic rings. The van der Waals surface area contributed by atoms with Gasteiger partial charge in [0.1, 0.15) is 17.8 Å². The molecule has 4 rings (SSSR count). The lowest BCUT2D eigenvalue weighted by molar-refractivity contribution is -0.141. The van der Waals surface area contributed by atoms with Gasteiger partial charge in [-0.3, -0.25) is 4.79 Å². The van der Waals surface area contributed by atoms with Crippen LogP contribution in [-0.4, -0.2) is 74.9 Å². The van der Waals surface area contributed by atoms with Crippen molar-refractivity contribution in [3.63, 3.8) is 0 Å². The van der Waals surface area contributed by atoms with Gasteiger partial charge in [-0.1, -0.05) is 0 Å².